The summed E-state index contributed by atoms with van der Waals surface area (Å²) in [6.45, 7) is 9.26. The van der Waals surface area contributed by atoms with Gasteiger partial charge in [0.25, 0.3) is 0 Å². The highest BCUT2D eigenvalue weighted by Crippen LogP contribution is 2.59. The van der Waals surface area contributed by atoms with Crippen molar-refractivity contribution in [3.05, 3.63) is 172 Å². The number of benzene rings is 7. The summed E-state index contributed by atoms with van der Waals surface area (Å²) in [6.07, 6.45) is 4.56. The molecule has 0 fully saturated rings. The molecule has 3 aliphatic rings. The SMILES string of the molecule is COc1ccc(C2(c3ccc4c(c3)C(C)(C)c3c-4ccc4ccccc34)C=Cc3c4c(c5ccccc5c3O2)-c2ccc(C#N)cc2C4(C)C)cc1. The number of nitrogens with zero attached hydrogens (tertiary/aromatic N) is 1. The van der Waals surface area contributed by atoms with Crippen LogP contribution in [-0.4, -0.2) is 7.11 Å². The zero-order chi connectivity index (χ0) is 35.6. The summed E-state index contributed by atoms with van der Waals surface area (Å²) in [5, 5.41) is 14.6. The summed E-state index contributed by atoms with van der Waals surface area (Å²) >= 11 is 0. The van der Waals surface area contributed by atoms with E-state index < -0.39 is 5.60 Å². The molecule has 0 amide bonds. The van der Waals surface area contributed by atoms with E-state index >= 15 is 0 Å². The Balaban J connectivity index is 1.22. The van der Waals surface area contributed by atoms with Crippen LogP contribution in [0.1, 0.15) is 72.2 Å². The van der Waals surface area contributed by atoms with E-state index in [1.807, 2.05) is 18.2 Å². The van der Waals surface area contributed by atoms with Gasteiger partial charge in [-0.2, -0.15) is 5.26 Å². The van der Waals surface area contributed by atoms with Gasteiger partial charge in [-0.05, 0) is 97.1 Å². The molecule has 1 atom stereocenters. The Bertz CT molecular complexity index is 2760. The molecule has 0 N–H and O–H groups in total. The first kappa shape index (κ1) is 30.7. The van der Waals surface area contributed by atoms with Crippen LogP contribution in [0.2, 0.25) is 0 Å². The maximum atomic E-state index is 9.83. The van der Waals surface area contributed by atoms with Crippen LogP contribution in [0.5, 0.6) is 11.5 Å². The fourth-order valence-electron chi connectivity index (χ4n) is 9.65. The summed E-state index contributed by atoms with van der Waals surface area (Å²) in [6, 6.07) is 45.7. The number of hydrogen-bond donors (Lipinski definition) is 0. The van der Waals surface area contributed by atoms with Gasteiger partial charge in [0, 0.05) is 32.9 Å². The van der Waals surface area contributed by atoms with Gasteiger partial charge < -0.3 is 9.47 Å². The second-order valence-corrected chi connectivity index (χ2v) is 15.5. The van der Waals surface area contributed by atoms with Gasteiger partial charge in [0.05, 0.1) is 18.7 Å². The third-order valence-corrected chi connectivity index (χ3v) is 12.2. The highest BCUT2D eigenvalue weighted by Gasteiger charge is 2.46. The van der Waals surface area contributed by atoms with Crippen molar-refractivity contribution in [3.63, 3.8) is 0 Å². The molecule has 250 valence electrons. The predicted molar refractivity (Wildman–Crippen MR) is 211 cm³/mol. The molecular weight excluding hydrogens is 635 g/mol. The summed E-state index contributed by atoms with van der Waals surface area (Å²) in [4.78, 5) is 0. The van der Waals surface area contributed by atoms with Crippen LogP contribution in [-0.2, 0) is 16.4 Å². The van der Waals surface area contributed by atoms with E-state index in [1.165, 1.54) is 55.3 Å². The third-order valence-electron chi connectivity index (χ3n) is 12.2. The minimum absolute atomic E-state index is 0.218. The van der Waals surface area contributed by atoms with Gasteiger partial charge in [-0.1, -0.05) is 125 Å². The molecule has 3 nitrogen and oxygen atoms in total. The van der Waals surface area contributed by atoms with E-state index in [1.54, 1.807) is 7.11 Å². The number of rotatable bonds is 3. The van der Waals surface area contributed by atoms with E-state index in [2.05, 4.69) is 149 Å². The first-order valence-corrected chi connectivity index (χ1v) is 18.0. The molecule has 0 saturated carbocycles. The topological polar surface area (TPSA) is 42.2 Å². The monoisotopic (exact) mass is 671 g/mol. The molecule has 1 aliphatic heterocycles. The largest absolute Gasteiger partial charge is 0.497 e. The molecule has 1 unspecified atom stereocenters. The Morgan fingerprint density at radius 3 is 2.04 bits per heavy atom. The van der Waals surface area contributed by atoms with Crippen molar-refractivity contribution in [2.75, 3.05) is 7.11 Å². The van der Waals surface area contributed by atoms with Gasteiger partial charge in [-0.3, -0.25) is 0 Å². The Hall–Kier alpha value is -6.11. The van der Waals surface area contributed by atoms with Gasteiger partial charge in [0.2, 0.25) is 0 Å². The second kappa shape index (κ2) is 10.5. The van der Waals surface area contributed by atoms with E-state index in [0.29, 0.717) is 5.56 Å². The molecule has 7 aromatic carbocycles. The minimum atomic E-state index is -0.915. The van der Waals surface area contributed by atoms with Crippen molar-refractivity contribution < 1.29 is 9.47 Å². The smallest absolute Gasteiger partial charge is 0.178 e. The van der Waals surface area contributed by atoms with Crippen LogP contribution in [0.15, 0.2) is 127 Å². The lowest BCUT2D eigenvalue weighted by Gasteiger charge is -2.39. The predicted octanol–water partition coefficient (Wildman–Crippen LogP) is 11.8. The Morgan fingerprint density at radius 1 is 0.615 bits per heavy atom. The van der Waals surface area contributed by atoms with Crippen LogP contribution in [0.4, 0.5) is 0 Å². The van der Waals surface area contributed by atoms with Crippen LogP contribution in [0, 0.1) is 11.3 Å². The lowest BCUT2D eigenvalue weighted by atomic mass is 9.75. The van der Waals surface area contributed by atoms with Crippen LogP contribution in [0.3, 0.4) is 0 Å². The van der Waals surface area contributed by atoms with E-state index in [0.717, 1.165) is 39.0 Å². The van der Waals surface area contributed by atoms with Gasteiger partial charge in [-0.25, -0.2) is 0 Å². The van der Waals surface area contributed by atoms with E-state index in [-0.39, 0.29) is 10.8 Å². The Morgan fingerprint density at radius 2 is 1.27 bits per heavy atom. The maximum absolute atomic E-state index is 9.83. The van der Waals surface area contributed by atoms with Crippen LogP contribution in [0.25, 0.3) is 49.9 Å². The zero-order valence-corrected chi connectivity index (χ0v) is 30.0. The molecule has 10 rings (SSSR count). The van der Waals surface area contributed by atoms with Crippen molar-refractivity contribution in [2.45, 2.75) is 44.1 Å². The highest BCUT2D eigenvalue weighted by atomic mass is 16.5. The summed E-state index contributed by atoms with van der Waals surface area (Å²) in [5.41, 5.74) is 12.5. The molecule has 0 spiro atoms. The van der Waals surface area contributed by atoms with Crippen molar-refractivity contribution in [1.29, 1.82) is 5.26 Å². The fraction of sp³-hybridized carbons (Fsp3) is 0.163. The average molecular weight is 672 g/mol. The molecule has 0 saturated heterocycles. The first-order chi connectivity index (χ1) is 25.2. The Kier molecular flexibility index (Phi) is 6.18. The summed E-state index contributed by atoms with van der Waals surface area (Å²) < 4.78 is 13.2. The van der Waals surface area contributed by atoms with Crippen molar-refractivity contribution in [3.8, 4) is 39.8 Å². The van der Waals surface area contributed by atoms with Gasteiger partial charge in [0.1, 0.15) is 11.5 Å². The number of methoxy groups -OCH3 is 1. The highest BCUT2D eigenvalue weighted by molar-refractivity contribution is 6.08. The lowest BCUT2D eigenvalue weighted by molar-refractivity contribution is 0.163. The Labute approximate surface area is 304 Å². The quantitative estimate of drug-likeness (QED) is 0.188. The summed E-state index contributed by atoms with van der Waals surface area (Å²) in [5.74, 6) is 1.68. The minimum Gasteiger partial charge on any atom is -0.497 e. The molecule has 7 aromatic rings. The molecule has 0 bridgehead atoms. The van der Waals surface area contributed by atoms with Gasteiger partial charge in [-0.15, -0.1) is 0 Å². The van der Waals surface area contributed by atoms with Crippen LogP contribution < -0.4 is 9.47 Å². The zero-order valence-electron chi connectivity index (χ0n) is 30.0. The standard InChI is InChI=1S/C49H37NO2/c1-47(2)42-27-32(18-23-35(42)37-22-15-30-10-6-7-11-34(30)44(37)47)49(31-16-19-33(51-5)20-17-31)25-24-40-45-43(36-12-8-9-13-38(36)46(40)52-49)39-21-14-29(28-50)26-41(39)48(45,3)4/h6-27H,1-5H3. The van der Waals surface area contributed by atoms with Gasteiger partial charge >= 0.3 is 0 Å². The number of hydrogen-bond acceptors (Lipinski definition) is 3. The number of nitriles is 1. The second-order valence-electron chi connectivity index (χ2n) is 15.5. The third kappa shape index (κ3) is 3.90. The average Bonchev–Trinajstić information content (AvgIpc) is 3.57. The van der Waals surface area contributed by atoms with Crippen molar-refractivity contribution in [2.24, 2.45) is 0 Å². The fourth-order valence-corrected chi connectivity index (χ4v) is 9.65. The molecule has 0 radical (unpaired) electrons. The molecule has 3 heteroatoms. The number of fused-ring (bicyclic) bond motifs is 13. The maximum Gasteiger partial charge on any atom is 0.178 e. The molecule has 52 heavy (non-hydrogen) atoms. The number of ether oxygens (including phenoxy) is 2. The normalized spacial score (nSPS) is 18.2. The molecular formula is C49H37NO2. The van der Waals surface area contributed by atoms with Crippen molar-refractivity contribution in [1.82, 2.24) is 0 Å². The molecule has 2 aliphatic carbocycles. The van der Waals surface area contributed by atoms with Crippen molar-refractivity contribution >= 4 is 27.6 Å². The molecule has 0 aromatic heterocycles. The lowest BCUT2D eigenvalue weighted by Crippen LogP contribution is -2.35. The van der Waals surface area contributed by atoms with E-state index in [9.17, 15) is 5.26 Å². The first-order valence-electron chi connectivity index (χ1n) is 18.0. The molecule has 1 heterocycles. The van der Waals surface area contributed by atoms with E-state index in [4.69, 9.17) is 9.47 Å². The van der Waals surface area contributed by atoms with Crippen LogP contribution >= 0.6 is 0 Å². The van der Waals surface area contributed by atoms with Gasteiger partial charge in [0.15, 0.2) is 5.60 Å². The summed E-state index contributed by atoms with van der Waals surface area (Å²) in [7, 11) is 1.70.